The standard InChI is InChI=1S/C9H7N5O2/c15-7-3-2-6(13-14-7)8(16)12-9-10-4-1-5-11-9/h1-5H,(H,14,15)(H,10,11,12,16). The van der Waals surface area contributed by atoms with Crippen molar-refractivity contribution in [2.24, 2.45) is 0 Å². The summed E-state index contributed by atoms with van der Waals surface area (Å²) in [7, 11) is 0. The number of aromatic nitrogens is 4. The van der Waals surface area contributed by atoms with Gasteiger partial charge < -0.3 is 0 Å². The summed E-state index contributed by atoms with van der Waals surface area (Å²) in [5.74, 6) is -0.303. The summed E-state index contributed by atoms with van der Waals surface area (Å²) in [5, 5.41) is 8.16. The number of anilines is 1. The first kappa shape index (κ1) is 9.97. The first-order valence-electron chi connectivity index (χ1n) is 4.40. The molecule has 0 aromatic carbocycles. The third-order valence-electron chi connectivity index (χ3n) is 1.70. The Morgan fingerprint density at radius 3 is 2.62 bits per heavy atom. The number of nitrogens with zero attached hydrogens (tertiary/aromatic N) is 3. The molecule has 1 amide bonds. The molecule has 0 saturated carbocycles. The van der Waals surface area contributed by atoms with Gasteiger partial charge in [-0.3, -0.25) is 14.9 Å². The highest BCUT2D eigenvalue weighted by atomic mass is 16.2. The molecule has 2 rings (SSSR count). The van der Waals surface area contributed by atoms with E-state index in [1.54, 1.807) is 6.07 Å². The SMILES string of the molecule is O=C(Nc1ncccn1)c1ccc(=O)[nH]n1. The number of amides is 1. The van der Waals surface area contributed by atoms with Gasteiger partial charge >= 0.3 is 0 Å². The molecule has 0 aliphatic rings. The van der Waals surface area contributed by atoms with Crippen molar-refractivity contribution >= 4 is 11.9 Å². The van der Waals surface area contributed by atoms with Crippen LogP contribution in [0.25, 0.3) is 0 Å². The van der Waals surface area contributed by atoms with E-state index in [1.165, 1.54) is 24.5 Å². The maximum atomic E-state index is 11.5. The molecule has 2 aromatic heterocycles. The zero-order valence-electron chi connectivity index (χ0n) is 8.04. The van der Waals surface area contributed by atoms with Crippen LogP contribution in [0, 0.1) is 0 Å². The zero-order valence-corrected chi connectivity index (χ0v) is 8.04. The van der Waals surface area contributed by atoms with Gasteiger partial charge in [0.05, 0.1) is 0 Å². The van der Waals surface area contributed by atoms with Crippen LogP contribution in [0.2, 0.25) is 0 Å². The van der Waals surface area contributed by atoms with Crippen LogP contribution in [-0.4, -0.2) is 26.1 Å². The predicted molar refractivity (Wildman–Crippen MR) is 54.8 cm³/mol. The maximum Gasteiger partial charge on any atom is 0.278 e. The average Bonchev–Trinajstić information content (AvgIpc) is 2.31. The lowest BCUT2D eigenvalue weighted by molar-refractivity contribution is 0.102. The van der Waals surface area contributed by atoms with Gasteiger partial charge in [-0.2, -0.15) is 5.10 Å². The van der Waals surface area contributed by atoms with Crippen LogP contribution in [0.4, 0.5) is 5.95 Å². The molecule has 7 heteroatoms. The van der Waals surface area contributed by atoms with E-state index in [0.29, 0.717) is 0 Å². The fraction of sp³-hybridized carbons (Fsp3) is 0. The van der Waals surface area contributed by atoms with Crippen molar-refractivity contribution in [3.05, 3.63) is 46.6 Å². The lowest BCUT2D eigenvalue weighted by atomic mass is 10.4. The largest absolute Gasteiger partial charge is 0.289 e. The number of H-pyrrole nitrogens is 1. The monoisotopic (exact) mass is 217 g/mol. The molecule has 7 nitrogen and oxygen atoms in total. The van der Waals surface area contributed by atoms with Gasteiger partial charge in [0.1, 0.15) is 5.69 Å². The van der Waals surface area contributed by atoms with Crippen molar-refractivity contribution in [3.8, 4) is 0 Å². The van der Waals surface area contributed by atoms with E-state index < -0.39 is 5.91 Å². The highest BCUT2D eigenvalue weighted by Gasteiger charge is 2.08. The average molecular weight is 217 g/mol. The van der Waals surface area contributed by atoms with Crippen molar-refractivity contribution in [2.75, 3.05) is 5.32 Å². The van der Waals surface area contributed by atoms with Gasteiger partial charge in [-0.05, 0) is 12.1 Å². The van der Waals surface area contributed by atoms with Gasteiger partial charge in [0.25, 0.3) is 11.5 Å². The van der Waals surface area contributed by atoms with Crippen LogP contribution in [0.5, 0.6) is 0 Å². The van der Waals surface area contributed by atoms with Gasteiger partial charge in [-0.25, -0.2) is 15.1 Å². The fourth-order valence-electron chi connectivity index (χ4n) is 1.00. The van der Waals surface area contributed by atoms with Crippen LogP contribution in [0.15, 0.2) is 35.4 Å². The predicted octanol–water partition coefficient (Wildman–Crippen LogP) is -0.188. The summed E-state index contributed by atoms with van der Waals surface area (Å²) < 4.78 is 0. The minimum absolute atomic E-state index is 0.0899. The molecule has 0 fully saturated rings. The van der Waals surface area contributed by atoms with Gasteiger partial charge in [0, 0.05) is 18.5 Å². The molecular weight excluding hydrogens is 210 g/mol. The number of hydrogen-bond donors (Lipinski definition) is 2. The van der Waals surface area contributed by atoms with E-state index in [-0.39, 0.29) is 17.2 Å². The molecule has 0 spiro atoms. The first-order chi connectivity index (χ1) is 7.75. The zero-order chi connectivity index (χ0) is 11.4. The Labute approximate surface area is 89.6 Å². The molecule has 0 aliphatic carbocycles. The van der Waals surface area contributed by atoms with Crippen LogP contribution >= 0.6 is 0 Å². The molecule has 16 heavy (non-hydrogen) atoms. The molecule has 80 valence electrons. The fourth-order valence-corrected chi connectivity index (χ4v) is 1.00. The third-order valence-corrected chi connectivity index (χ3v) is 1.70. The van der Waals surface area contributed by atoms with Crippen LogP contribution in [0.3, 0.4) is 0 Å². The number of carbonyl (C=O) groups is 1. The number of rotatable bonds is 2. The summed E-state index contributed by atoms with van der Waals surface area (Å²) in [5.41, 5.74) is -0.278. The van der Waals surface area contributed by atoms with E-state index in [2.05, 4.69) is 25.5 Å². The number of nitrogens with one attached hydrogen (secondary N) is 2. The van der Waals surface area contributed by atoms with Gasteiger partial charge in [-0.15, -0.1) is 0 Å². The summed E-state index contributed by atoms with van der Waals surface area (Å²) in [4.78, 5) is 29.9. The second-order valence-electron chi connectivity index (χ2n) is 2.83. The Morgan fingerprint density at radius 1 is 1.25 bits per heavy atom. The lowest BCUT2D eigenvalue weighted by Crippen LogP contribution is -2.18. The lowest BCUT2D eigenvalue weighted by Gasteiger charge is -2.00. The quantitative estimate of drug-likeness (QED) is 0.726. The van der Waals surface area contributed by atoms with Crippen LogP contribution < -0.4 is 10.9 Å². The Hall–Kier alpha value is -2.57. The van der Waals surface area contributed by atoms with Gasteiger partial charge in [-0.1, -0.05) is 0 Å². The second-order valence-corrected chi connectivity index (χ2v) is 2.83. The number of hydrogen-bond acceptors (Lipinski definition) is 5. The van der Waals surface area contributed by atoms with Crippen molar-refractivity contribution < 1.29 is 4.79 Å². The van der Waals surface area contributed by atoms with Crippen molar-refractivity contribution in [3.63, 3.8) is 0 Å². The molecular formula is C9H7N5O2. The van der Waals surface area contributed by atoms with Crippen LogP contribution in [0.1, 0.15) is 10.5 Å². The highest BCUT2D eigenvalue weighted by molar-refractivity contribution is 6.01. The molecule has 0 aliphatic heterocycles. The van der Waals surface area contributed by atoms with E-state index in [1.807, 2.05) is 0 Å². The molecule has 0 saturated heterocycles. The second kappa shape index (κ2) is 4.30. The van der Waals surface area contributed by atoms with E-state index in [4.69, 9.17) is 0 Å². The highest BCUT2D eigenvalue weighted by Crippen LogP contribution is 1.97. The molecule has 0 radical (unpaired) electrons. The van der Waals surface area contributed by atoms with E-state index in [9.17, 15) is 9.59 Å². The summed E-state index contributed by atoms with van der Waals surface area (Å²) >= 11 is 0. The number of carbonyl (C=O) groups excluding carboxylic acids is 1. The summed E-state index contributed by atoms with van der Waals surface area (Å²) in [6, 6.07) is 4.17. The molecule has 0 atom stereocenters. The Morgan fingerprint density at radius 2 is 2.00 bits per heavy atom. The Bertz CT molecular complexity index is 531. The first-order valence-corrected chi connectivity index (χ1v) is 4.40. The van der Waals surface area contributed by atoms with Gasteiger partial charge in [0.2, 0.25) is 5.95 Å². The Kier molecular flexibility index (Phi) is 2.68. The maximum absolute atomic E-state index is 11.5. The van der Waals surface area contributed by atoms with E-state index in [0.717, 1.165) is 0 Å². The van der Waals surface area contributed by atoms with Crippen molar-refractivity contribution in [1.29, 1.82) is 0 Å². The van der Waals surface area contributed by atoms with Crippen molar-refractivity contribution in [1.82, 2.24) is 20.2 Å². The third kappa shape index (κ3) is 2.27. The molecule has 2 aromatic rings. The Balaban J connectivity index is 2.15. The van der Waals surface area contributed by atoms with Gasteiger partial charge in [0.15, 0.2) is 0 Å². The van der Waals surface area contributed by atoms with Crippen molar-refractivity contribution in [2.45, 2.75) is 0 Å². The minimum Gasteiger partial charge on any atom is -0.289 e. The smallest absolute Gasteiger partial charge is 0.278 e. The van der Waals surface area contributed by atoms with Crippen LogP contribution in [-0.2, 0) is 0 Å². The molecule has 2 N–H and O–H groups in total. The molecule has 0 unspecified atom stereocenters. The molecule has 0 bridgehead atoms. The van der Waals surface area contributed by atoms with E-state index >= 15 is 0 Å². The molecule has 2 heterocycles. The minimum atomic E-state index is -0.484. The summed E-state index contributed by atoms with van der Waals surface area (Å²) in [6.45, 7) is 0. The number of aromatic amines is 1. The normalized spacial score (nSPS) is 9.75. The summed E-state index contributed by atoms with van der Waals surface area (Å²) in [6.07, 6.45) is 3.01. The topological polar surface area (TPSA) is 101 Å².